The Bertz CT molecular complexity index is 264. The van der Waals surface area contributed by atoms with Crippen molar-refractivity contribution in [2.75, 3.05) is 0 Å². The standard InChI is InChI=1S/C6H3BrClNO/c7-5-2-9-6(8)1-4(5)3-10/h1-3H. The molecule has 2 nitrogen and oxygen atoms in total. The maximum absolute atomic E-state index is 10.3. The highest BCUT2D eigenvalue weighted by Crippen LogP contribution is 2.16. The van der Waals surface area contributed by atoms with Crippen LogP contribution in [0, 0.1) is 0 Å². The van der Waals surface area contributed by atoms with Crippen LogP contribution in [0.25, 0.3) is 0 Å². The second-order valence-corrected chi connectivity index (χ2v) is 2.89. The number of hydrogen-bond acceptors (Lipinski definition) is 2. The number of carbonyl (C=O) groups is 1. The summed E-state index contributed by atoms with van der Waals surface area (Å²) >= 11 is 8.64. The molecule has 0 fully saturated rings. The van der Waals surface area contributed by atoms with Gasteiger partial charge in [-0.2, -0.15) is 0 Å². The smallest absolute Gasteiger partial charge is 0.151 e. The van der Waals surface area contributed by atoms with E-state index in [1.165, 1.54) is 12.3 Å². The van der Waals surface area contributed by atoms with Crippen LogP contribution in [0.2, 0.25) is 5.15 Å². The largest absolute Gasteiger partial charge is 0.298 e. The molecular weight excluding hydrogens is 217 g/mol. The minimum absolute atomic E-state index is 0.324. The average Bonchev–Trinajstić information content (AvgIpc) is 1.94. The molecule has 10 heavy (non-hydrogen) atoms. The van der Waals surface area contributed by atoms with Gasteiger partial charge in [-0.05, 0) is 22.0 Å². The molecule has 0 aromatic carbocycles. The van der Waals surface area contributed by atoms with Crippen LogP contribution >= 0.6 is 27.5 Å². The maximum Gasteiger partial charge on any atom is 0.151 e. The zero-order valence-electron chi connectivity index (χ0n) is 4.84. The molecule has 1 aromatic heterocycles. The van der Waals surface area contributed by atoms with Crippen molar-refractivity contribution < 1.29 is 4.79 Å². The molecule has 0 atom stereocenters. The fourth-order valence-electron chi connectivity index (χ4n) is 0.518. The molecule has 0 unspecified atom stereocenters. The third-order valence-electron chi connectivity index (χ3n) is 0.979. The van der Waals surface area contributed by atoms with Crippen LogP contribution in [-0.4, -0.2) is 11.3 Å². The molecule has 1 rings (SSSR count). The van der Waals surface area contributed by atoms with Crippen LogP contribution < -0.4 is 0 Å². The van der Waals surface area contributed by atoms with Crippen molar-refractivity contribution in [2.45, 2.75) is 0 Å². The van der Waals surface area contributed by atoms with Gasteiger partial charge in [0.25, 0.3) is 0 Å². The number of hydrogen-bond donors (Lipinski definition) is 0. The highest BCUT2D eigenvalue weighted by molar-refractivity contribution is 9.10. The molecule has 0 amide bonds. The Labute approximate surface area is 71.3 Å². The highest BCUT2D eigenvalue weighted by Gasteiger charge is 1.98. The number of carbonyl (C=O) groups excluding carboxylic acids is 1. The van der Waals surface area contributed by atoms with E-state index in [-0.39, 0.29) is 0 Å². The van der Waals surface area contributed by atoms with Gasteiger partial charge in [-0.3, -0.25) is 4.79 Å². The van der Waals surface area contributed by atoms with Crippen molar-refractivity contribution in [1.82, 2.24) is 4.98 Å². The van der Waals surface area contributed by atoms with E-state index < -0.39 is 0 Å². The van der Waals surface area contributed by atoms with E-state index in [0.717, 1.165) is 6.29 Å². The van der Waals surface area contributed by atoms with E-state index >= 15 is 0 Å². The number of aromatic nitrogens is 1. The molecule has 0 saturated heterocycles. The summed E-state index contributed by atoms with van der Waals surface area (Å²) < 4.78 is 0.659. The zero-order chi connectivity index (χ0) is 7.56. The number of halogens is 2. The predicted octanol–water partition coefficient (Wildman–Crippen LogP) is 2.31. The van der Waals surface area contributed by atoms with Crippen molar-refractivity contribution in [3.63, 3.8) is 0 Å². The van der Waals surface area contributed by atoms with Crippen LogP contribution in [0.5, 0.6) is 0 Å². The lowest BCUT2D eigenvalue weighted by atomic mass is 10.3. The molecule has 0 saturated carbocycles. The SMILES string of the molecule is O=Cc1cc(Cl)ncc1Br. The summed E-state index contributed by atoms with van der Waals surface area (Å²) in [6, 6.07) is 1.50. The minimum atomic E-state index is 0.324. The number of pyridine rings is 1. The van der Waals surface area contributed by atoms with E-state index in [1.54, 1.807) is 0 Å². The van der Waals surface area contributed by atoms with Crippen LogP contribution in [0.3, 0.4) is 0 Å². The highest BCUT2D eigenvalue weighted by atomic mass is 79.9. The molecule has 0 N–H and O–H groups in total. The van der Waals surface area contributed by atoms with Gasteiger partial charge < -0.3 is 0 Å². The van der Waals surface area contributed by atoms with Crippen molar-refractivity contribution in [1.29, 1.82) is 0 Å². The van der Waals surface area contributed by atoms with Crippen LogP contribution in [0.1, 0.15) is 10.4 Å². The van der Waals surface area contributed by atoms with E-state index in [1.807, 2.05) is 0 Å². The topological polar surface area (TPSA) is 30.0 Å². The Morgan fingerprint density at radius 3 is 2.90 bits per heavy atom. The van der Waals surface area contributed by atoms with Crippen molar-refractivity contribution in [3.05, 3.63) is 27.5 Å². The van der Waals surface area contributed by atoms with E-state index in [0.29, 0.717) is 15.2 Å². The van der Waals surface area contributed by atoms with Crippen molar-refractivity contribution in [2.24, 2.45) is 0 Å². The fraction of sp³-hybridized carbons (Fsp3) is 0. The molecule has 1 heterocycles. The summed E-state index contributed by atoms with van der Waals surface area (Å²) in [4.78, 5) is 14.0. The normalized spacial score (nSPS) is 9.40. The van der Waals surface area contributed by atoms with Crippen LogP contribution in [0.4, 0.5) is 0 Å². The monoisotopic (exact) mass is 219 g/mol. The molecule has 0 radical (unpaired) electrons. The van der Waals surface area contributed by atoms with E-state index in [2.05, 4.69) is 20.9 Å². The van der Waals surface area contributed by atoms with Crippen LogP contribution in [-0.2, 0) is 0 Å². The van der Waals surface area contributed by atoms with Gasteiger partial charge in [0.05, 0.1) is 0 Å². The summed E-state index contributed by atoms with van der Waals surface area (Å²) in [6.45, 7) is 0. The van der Waals surface area contributed by atoms with Gasteiger partial charge in [0.2, 0.25) is 0 Å². The average molecular weight is 220 g/mol. The first kappa shape index (κ1) is 7.69. The molecule has 0 aliphatic heterocycles. The molecule has 0 spiro atoms. The first-order valence-electron chi connectivity index (χ1n) is 2.50. The van der Waals surface area contributed by atoms with Gasteiger partial charge in [0, 0.05) is 16.2 Å². The number of rotatable bonds is 1. The molecular formula is C6H3BrClNO. The fourth-order valence-corrected chi connectivity index (χ4v) is 0.994. The Balaban J connectivity index is 3.21. The van der Waals surface area contributed by atoms with Gasteiger partial charge in [0.1, 0.15) is 5.15 Å². The third-order valence-corrected chi connectivity index (χ3v) is 1.85. The molecule has 1 aromatic rings. The van der Waals surface area contributed by atoms with Crippen molar-refractivity contribution in [3.8, 4) is 0 Å². The lowest BCUT2D eigenvalue weighted by Gasteiger charge is -1.93. The minimum Gasteiger partial charge on any atom is -0.298 e. The Morgan fingerprint density at radius 1 is 1.70 bits per heavy atom. The summed E-state index contributed by atoms with van der Waals surface area (Å²) in [5.74, 6) is 0. The summed E-state index contributed by atoms with van der Waals surface area (Å²) in [6.07, 6.45) is 2.21. The van der Waals surface area contributed by atoms with Gasteiger partial charge >= 0.3 is 0 Å². The summed E-state index contributed by atoms with van der Waals surface area (Å²) in [5.41, 5.74) is 0.514. The second-order valence-electron chi connectivity index (χ2n) is 1.65. The molecule has 0 aliphatic carbocycles. The van der Waals surface area contributed by atoms with Gasteiger partial charge in [-0.1, -0.05) is 11.6 Å². The lowest BCUT2D eigenvalue weighted by molar-refractivity contribution is 0.112. The maximum atomic E-state index is 10.3. The number of aldehydes is 1. The molecule has 52 valence electrons. The van der Waals surface area contributed by atoms with Gasteiger partial charge in [-0.15, -0.1) is 0 Å². The van der Waals surface area contributed by atoms with Crippen LogP contribution in [0.15, 0.2) is 16.7 Å². The summed E-state index contributed by atoms with van der Waals surface area (Å²) in [5, 5.41) is 0.324. The van der Waals surface area contributed by atoms with Gasteiger partial charge in [-0.25, -0.2) is 4.98 Å². The van der Waals surface area contributed by atoms with Crippen molar-refractivity contribution >= 4 is 33.8 Å². The summed E-state index contributed by atoms with van der Waals surface area (Å²) in [7, 11) is 0. The first-order valence-corrected chi connectivity index (χ1v) is 3.67. The number of nitrogens with zero attached hydrogens (tertiary/aromatic N) is 1. The molecule has 0 aliphatic rings. The quantitative estimate of drug-likeness (QED) is 0.537. The third kappa shape index (κ3) is 1.55. The lowest BCUT2D eigenvalue weighted by Crippen LogP contribution is -1.83. The molecule has 4 heteroatoms. The van der Waals surface area contributed by atoms with E-state index in [9.17, 15) is 4.79 Å². The zero-order valence-corrected chi connectivity index (χ0v) is 7.19. The second kappa shape index (κ2) is 3.12. The Kier molecular flexibility index (Phi) is 2.40. The molecule has 0 bridgehead atoms. The van der Waals surface area contributed by atoms with E-state index in [4.69, 9.17) is 11.6 Å². The first-order chi connectivity index (χ1) is 4.74. The Hall–Kier alpha value is -0.410. The van der Waals surface area contributed by atoms with Gasteiger partial charge in [0.15, 0.2) is 6.29 Å². The Morgan fingerprint density at radius 2 is 2.40 bits per heavy atom. The predicted molar refractivity (Wildman–Crippen MR) is 42.3 cm³/mol.